The summed E-state index contributed by atoms with van der Waals surface area (Å²) in [5, 5.41) is 3.35. The minimum absolute atomic E-state index is 0.600. The van der Waals surface area contributed by atoms with Crippen LogP contribution in [0.2, 0.25) is 0 Å². The number of rotatable bonds is 4. The molecule has 0 bridgehead atoms. The zero-order valence-corrected chi connectivity index (χ0v) is 11.6. The van der Waals surface area contributed by atoms with E-state index in [0.717, 1.165) is 22.7 Å². The topological polar surface area (TPSA) is 29.9 Å². The highest BCUT2D eigenvalue weighted by atomic mass is 79.9. The number of nitrogens with zero attached hydrogens (tertiary/aromatic N) is 2. The molecule has 0 saturated heterocycles. The fourth-order valence-electron chi connectivity index (χ4n) is 1.56. The molecule has 0 atom stereocenters. The predicted molar refractivity (Wildman–Crippen MR) is 74.6 cm³/mol. The third-order valence-corrected chi connectivity index (χ3v) is 2.89. The zero-order chi connectivity index (χ0) is 12.3. The van der Waals surface area contributed by atoms with Crippen molar-refractivity contribution in [2.45, 2.75) is 13.8 Å². The van der Waals surface area contributed by atoms with Gasteiger partial charge in [0.15, 0.2) is 0 Å². The van der Waals surface area contributed by atoms with Crippen LogP contribution in [0.25, 0.3) is 5.69 Å². The normalized spacial score (nSPS) is 10.8. The predicted octanol–water partition coefficient (Wildman–Crippen LogP) is 3.70. The summed E-state index contributed by atoms with van der Waals surface area (Å²) < 4.78 is 3.12. The maximum Gasteiger partial charge on any atom is 0.207 e. The van der Waals surface area contributed by atoms with Gasteiger partial charge in [0.1, 0.15) is 0 Å². The fourth-order valence-corrected chi connectivity index (χ4v) is 1.95. The lowest BCUT2D eigenvalue weighted by atomic mass is 10.2. The van der Waals surface area contributed by atoms with Crippen LogP contribution in [-0.4, -0.2) is 16.1 Å². The molecule has 0 spiro atoms. The minimum atomic E-state index is 0.600. The van der Waals surface area contributed by atoms with Crippen molar-refractivity contribution in [2.24, 2.45) is 5.92 Å². The Kier molecular flexibility index (Phi) is 3.84. The first-order valence-corrected chi connectivity index (χ1v) is 6.49. The molecule has 1 aromatic heterocycles. The van der Waals surface area contributed by atoms with E-state index in [9.17, 15) is 0 Å². The van der Waals surface area contributed by atoms with Gasteiger partial charge in [-0.1, -0.05) is 35.8 Å². The molecule has 0 aliphatic carbocycles. The summed E-state index contributed by atoms with van der Waals surface area (Å²) in [6, 6.07) is 8.17. The molecular formula is C13H16BrN3. The van der Waals surface area contributed by atoms with Crippen molar-refractivity contribution in [3.05, 3.63) is 41.1 Å². The van der Waals surface area contributed by atoms with Gasteiger partial charge in [0, 0.05) is 29.1 Å². The van der Waals surface area contributed by atoms with Crippen LogP contribution >= 0.6 is 15.9 Å². The maximum absolute atomic E-state index is 4.33. The molecule has 4 heteroatoms. The van der Waals surface area contributed by atoms with E-state index < -0.39 is 0 Å². The molecule has 0 saturated carbocycles. The van der Waals surface area contributed by atoms with Crippen molar-refractivity contribution in [1.29, 1.82) is 0 Å². The van der Waals surface area contributed by atoms with E-state index in [0.29, 0.717) is 5.92 Å². The molecule has 1 heterocycles. The highest BCUT2D eigenvalue weighted by Crippen LogP contribution is 2.18. The van der Waals surface area contributed by atoms with Crippen molar-refractivity contribution >= 4 is 21.9 Å². The summed E-state index contributed by atoms with van der Waals surface area (Å²) in [6.45, 7) is 5.28. The molecule has 3 nitrogen and oxygen atoms in total. The van der Waals surface area contributed by atoms with Gasteiger partial charge in [-0.2, -0.15) is 0 Å². The molecule has 90 valence electrons. The molecule has 2 rings (SSSR count). The van der Waals surface area contributed by atoms with Crippen molar-refractivity contribution in [1.82, 2.24) is 9.55 Å². The molecule has 2 aromatic rings. The number of hydrogen-bond acceptors (Lipinski definition) is 2. The van der Waals surface area contributed by atoms with Crippen LogP contribution in [-0.2, 0) is 0 Å². The first kappa shape index (κ1) is 12.2. The smallest absolute Gasteiger partial charge is 0.207 e. The van der Waals surface area contributed by atoms with Crippen LogP contribution < -0.4 is 5.32 Å². The van der Waals surface area contributed by atoms with Crippen LogP contribution in [0.4, 0.5) is 5.95 Å². The van der Waals surface area contributed by atoms with E-state index in [1.165, 1.54) is 0 Å². The quantitative estimate of drug-likeness (QED) is 0.931. The largest absolute Gasteiger partial charge is 0.355 e. The summed E-state index contributed by atoms with van der Waals surface area (Å²) in [5.74, 6) is 1.49. The summed E-state index contributed by atoms with van der Waals surface area (Å²) in [7, 11) is 0. The Hall–Kier alpha value is -1.29. The van der Waals surface area contributed by atoms with Crippen molar-refractivity contribution < 1.29 is 0 Å². The van der Waals surface area contributed by atoms with E-state index in [4.69, 9.17) is 0 Å². The molecule has 0 radical (unpaired) electrons. The van der Waals surface area contributed by atoms with Gasteiger partial charge in [0.25, 0.3) is 0 Å². The van der Waals surface area contributed by atoms with Gasteiger partial charge in [-0.05, 0) is 24.1 Å². The SMILES string of the molecule is CC(C)CNc1nccn1-c1cccc(Br)c1. The second-order valence-corrected chi connectivity index (χ2v) is 5.29. The summed E-state index contributed by atoms with van der Waals surface area (Å²) in [5.41, 5.74) is 1.10. The standard InChI is InChI=1S/C13H16BrN3/c1-10(2)9-16-13-15-6-7-17(13)12-5-3-4-11(14)8-12/h3-8,10H,9H2,1-2H3,(H,15,16). The Morgan fingerprint density at radius 1 is 1.41 bits per heavy atom. The minimum Gasteiger partial charge on any atom is -0.355 e. The lowest BCUT2D eigenvalue weighted by molar-refractivity contribution is 0.683. The number of aromatic nitrogens is 2. The first-order valence-electron chi connectivity index (χ1n) is 5.70. The van der Waals surface area contributed by atoms with Crippen LogP contribution in [0.15, 0.2) is 41.1 Å². The number of nitrogens with one attached hydrogen (secondary N) is 1. The fraction of sp³-hybridized carbons (Fsp3) is 0.308. The van der Waals surface area contributed by atoms with Gasteiger partial charge in [0.05, 0.1) is 0 Å². The van der Waals surface area contributed by atoms with Crippen LogP contribution in [0.1, 0.15) is 13.8 Å². The van der Waals surface area contributed by atoms with Gasteiger partial charge in [-0.3, -0.25) is 4.57 Å². The number of benzene rings is 1. The van der Waals surface area contributed by atoms with E-state index in [1.807, 2.05) is 29.1 Å². The van der Waals surface area contributed by atoms with E-state index in [-0.39, 0.29) is 0 Å². The van der Waals surface area contributed by atoms with Crippen molar-refractivity contribution in [3.63, 3.8) is 0 Å². The molecular weight excluding hydrogens is 278 g/mol. The molecule has 17 heavy (non-hydrogen) atoms. The molecule has 1 N–H and O–H groups in total. The zero-order valence-electron chi connectivity index (χ0n) is 10.0. The lowest BCUT2D eigenvalue weighted by Crippen LogP contribution is -2.11. The summed E-state index contributed by atoms with van der Waals surface area (Å²) in [4.78, 5) is 4.33. The number of imidazole rings is 1. The van der Waals surface area contributed by atoms with Crippen LogP contribution in [0, 0.1) is 5.92 Å². The Labute approximate surface area is 110 Å². The Balaban J connectivity index is 2.24. The molecule has 0 aliphatic heterocycles. The molecule has 0 aliphatic rings. The number of hydrogen-bond donors (Lipinski definition) is 1. The van der Waals surface area contributed by atoms with E-state index in [2.05, 4.69) is 52.2 Å². The van der Waals surface area contributed by atoms with Gasteiger partial charge in [0.2, 0.25) is 5.95 Å². The highest BCUT2D eigenvalue weighted by molar-refractivity contribution is 9.10. The van der Waals surface area contributed by atoms with Gasteiger partial charge in [-0.25, -0.2) is 4.98 Å². The Morgan fingerprint density at radius 2 is 2.24 bits per heavy atom. The third-order valence-electron chi connectivity index (χ3n) is 2.40. The van der Waals surface area contributed by atoms with E-state index >= 15 is 0 Å². The second-order valence-electron chi connectivity index (χ2n) is 4.38. The van der Waals surface area contributed by atoms with Crippen molar-refractivity contribution in [3.8, 4) is 5.69 Å². The highest BCUT2D eigenvalue weighted by Gasteiger charge is 2.05. The second kappa shape index (κ2) is 5.36. The molecule has 1 aromatic carbocycles. The Morgan fingerprint density at radius 3 is 2.94 bits per heavy atom. The van der Waals surface area contributed by atoms with E-state index in [1.54, 1.807) is 0 Å². The molecule has 0 unspecified atom stereocenters. The average molecular weight is 294 g/mol. The monoisotopic (exact) mass is 293 g/mol. The number of anilines is 1. The third kappa shape index (κ3) is 3.09. The average Bonchev–Trinajstić information content (AvgIpc) is 2.74. The lowest BCUT2D eigenvalue weighted by Gasteiger charge is -2.11. The number of halogens is 1. The Bertz CT molecular complexity index is 491. The van der Waals surface area contributed by atoms with Gasteiger partial charge < -0.3 is 5.32 Å². The van der Waals surface area contributed by atoms with Gasteiger partial charge in [-0.15, -0.1) is 0 Å². The first-order chi connectivity index (χ1) is 8.16. The van der Waals surface area contributed by atoms with Gasteiger partial charge >= 0.3 is 0 Å². The summed E-state index contributed by atoms with van der Waals surface area (Å²) >= 11 is 3.48. The van der Waals surface area contributed by atoms with Crippen LogP contribution in [0.3, 0.4) is 0 Å². The molecule has 0 amide bonds. The summed E-state index contributed by atoms with van der Waals surface area (Å²) in [6.07, 6.45) is 3.77. The van der Waals surface area contributed by atoms with Crippen LogP contribution in [0.5, 0.6) is 0 Å². The molecule has 0 fully saturated rings. The van der Waals surface area contributed by atoms with Crippen molar-refractivity contribution in [2.75, 3.05) is 11.9 Å². The maximum atomic E-state index is 4.33.